The molecular weight excluding hydrogens is 488 g/mol. The molecule has 0 aromatic heterocycles. The van der Waals surface area contributed by atoms with Crippen LogP contribution in [-0.2, 0) is 4.79 Å². The van der Waals surface area contributed by atoms with E-state index in [1.54, 1.807) is 5.57 Å². The maximum atomic E-state index is 12.4. The van der Waals surface area contributed by atoms with Crippen molar-refractivity contribution in [1.82, 2.24) is 9.80 Å². The summed E-state index contributed by atoms with van der Waals surface area (Å²) in [4.78, 5) is 16.5. The summed E-state index contributed by atoms with van der Waals surface area (Å²) in [7, 11) is 6.20. The van der Waals surface area contributed by atoms with Gasteiger partial charge >= 0.3 is 0 Å². The number of carbonyl (C=O) groups is 1. The SMILES string of the molecule is CCCCCCCCCCC(=CCCCCCCCC(=O)N(C)CCCCN(C)C)CCCCCCCCCC. The minimum Gasteiger partial charge on any atom is -0.346 e. The quantitative estimate of drug-likeness (QED) is 0.0619. The van der Waals surface area contributed by atoms with Crippen LogP contribution in [0.15, 0.2) is 11.6 Å². The van der Waals surface area contributed by atoms with Gasteiger partial charge in [-0.15, -0.1) is 0 Å². The number of allylic oxidation sites excluding steroid dienone is 2. The minimum atomic E-state index is 0.333. The lowest BCUT2D eigenvalue weighted by atomic mass is 9.97. The second kappa shape index (κ2) is 31.1. The largest absolute Gasteiger partial charge is 0.346 e. The van der Waals surface area contributed by atoms with Gasteiger partial charge in [0, 0.05) is 20.0 Å². The lowest BCUT2D eigenvalue weighted by Gasteiger charge is -2.17. The lowest BCUT2D eigenvalue weighted by molar-refractivity contribution is -0.130. The van der Waals surface area contributed by atoms with Crippen molar-refractivity contribution in [3.63, 3.8) is 0 Å². The van der Waals surface area contributed by atoms with Crippen LogP contribution >= 0.6 is 0 Å². The summed E-state index contributed by atoms with van der Waals surface area (Å²) in [5.41, 5.74) is 1.76. The first-order valence-electron chi connectivity index (χ1n) is 18.1. The Balaban J connectivity index is 4.08. The van der Waals surface area contributed by atoms with E-state index >= 15 is 0 Å². The first-order valence-corrected chi connectivity index (χ1v) is 18.1. The Morgan fingerprint density at radius 3 is 1.35 bits per heavy atom. The van der Waals surface area contributed by atoms with E-state index in [0.717, 1.165) is 32.4 Å². The Bertz CT molecular complexity index is 534. The van der Waals surface area contributed by atoms with Crippen LogP contribution in [0.5, 0.6) is 0 Å². The Hall–Kier alpha value is -0.830. The van der Waals surface area contributed by atoms with Crippen LogP contribution in [0.25, 0.3) is 0 Å². The second-order valence-electron chi connectivity index (χ2n) is 12.9. The van der Waals surface area contributed by atoms with E-state index < -0.39 is 0 Å². The standard InChI is InChI=1S/C37H74N2O/c1-6-8-10-12-14-16-20-24-30-36(31-25-21-17-15-13-11-9-7-2)32-26-22-18-19-23-27-33-37(40)39(5)35-29-28-34-38(3)4/h32H,6-31,33-35H2,1-5H3. The molecule has 0 aromatic rings. The van der Waals surface area contributed by atoms with Crippen molar-refractivity contribution in [2.45, 2.75) is 187 Å². The molecule has 0 aliphatic carbocycles. The zero-order valence-electron chi connectivity index (χ0n) is 28.4. The van der Waals surface area contributed by atoms with E-state index in [1.807, 2.05) is 11.9 Å². The van der Waals surface area contributed by atoms with Crippen molar-refractivity contribution in [3.05, 3.63) is 11.6 Å². The summed E-state index contributed by atoms with van der Waals surface area (Å²) in [6.45, 7) is 6.62. The van der Waals surface area contributed by atoms with E-state index in [1.165, 1.54) is 154 Å². The molecule has 0 fully saturated rings. The third-order valence-corrected chi connectivity index (χ3v) is 8.51. The highest BCUT2D eigenvalue weighted by molar-refractivity contribution is 5.75. The van der Waals surface area contributed by atoms with Gasteiger partial charge in [0.05, 0.1) is 0 Å². The number of unbranched alkanes of at least 4 members (excludes halogenated alkanes) is 20. The van der Waals surface area contributed by atoms with Crippen molar-refractivity contribution >= 4 is 5.91 Å². The van der Waals surface area contributed by atoms with Gasteiger partial charge in [0.2, 0.25) is 5.91 Å². The highest BCUT2D eigenvalue weighted by atomic mass is 16.2. The third-order valence-electron chi connectivity index (χ3n) is 8.51. The molecule has 0 saturated carbocycles. The fraction of sp³-hybridized carbons (Fsp3) is 0.919. The molecule has 0 bridgehead atoms. The van der Waals surface area contributed by atoms with E-state index in [0.29, 0.717) is 5.91 Å². The molecule has 0 spiro atoms. The lowest BCUT2D eigenvalue weighted by Crippen LogP contribution is -2.28. The van der Waals surface area contributed by atoms with Gasteiger partial charge in [0.25, 0.3) is 0 Å². The fourth-order valence-electron chi connectivity index (χ4n) is 5.65. The van der Waals surface area contributed by atoms with Gasteiger partial charge in [-0.1, -0.05) is 135 Å². The van der Waals surface area contributed by atoms with Crippen molar-refractivity contribution < 1.29 is 4.79 Å². The smallest absolute Gasteiger partial charge is 0.222 e. The van der Waals surface area contributed by atoms with Crippen LogP contribution in [-0.4, -0.2) is 49.9 Å². The van der Waals surface area contributed by atoms with Crippen molar-refractivity contribution in [1.29, 1.82) is 0 Å². The number of nitrogens with zero attached hydrogens (tertiary/aromatic N) is 2. The molecule has 40 heavy (non-hydrogen) atoms. The van der Waals surface area contributed by atoms with Crippen LogP contribution in [0.1, 0.15) is 187 Å². The number of hydrogen-bond acceptors (Lipinski definition) is 2. The first kappa shape index (κ1) is 39.2. The molecule has 0 atom stereocenters. The maximum absolute atomic E-state index is 12.4. The number of rotatable bonds is 31. The van der Waals surface area contributed by atoms with Gasteiger partial charge < -0.3 is 9.80 Å². The van der Waals surface area contributed by atoms with Crippen LogP contribution < -0.4 is 0 Å². The molecule has 0 rings (SSSR count). The molecule has 1 amide bonds. The maximum Gasteiger partial charge on any atom is 0.222 e. The zero-order valence-corrected chi connectivity index (χ0v) is 28.4. The highest BCUT2D eigenvalue weighted by Crippen LogP contribution is 2.20. The van der Waals surface area contributed by atoms with E-state index in [2.05, 4.69) is 38.9 Å². The molecule has 3 nitrogen and oxygen atoms in total. The summed E-state index contributed by atoms with van der Waals surface area (Å²) in [6, 6.07) is 0. The normalized spacial score (nSPS) is 11.3. The third kappa shape index (κ3) is 28.7. The second-order valence-corrected chi connectivity index (χ2v) is 12.9. The molecule has 0 unspecified atom stereocenters. The molecule has 0 aromatic carbocycles. The molecule has 238 valence electrons. The molecule has 0 N–H and O–H groups in total. The molecule has 0 saturated heterocycles. The Labute approximate surface area is 253 Å². The van der Waals surface area contributed by atoms with E-state index in [9.17, 15) is 4.79 Å². The van der Waals surface area contributed by atoms with Gasteiger partial charge in [0.1, 0.15) is 0 Å². The molecule has 0 radical (unpaired) electrons. The Morgan fingerprint density at radius 2 is 0.875 bits per heavy atom. The predicted octanol–water partition coefficient (Wildman–Crippen LogP) is 11.5. The van der Waals surface area contributed by atoms with Crippen molar-refractivity contribution in [2.24, 2.45) is 0 Å². The molecule has 0 aliphatic rings. The average molecular weight is 563 g/mol. The molecule has 0 heterocycles. The van der Waals surface area contributed by atoms with Gasteiger partial charge in [0.15, 0.2) is 0 Å². The summed E-state index contributed by atoms with van der Waals surface area (Å²) < 4.78 is 0. The Kier molecular flexibility index (Phi) is 30.5. The molecular formula is C37H74N2O. The van der Waals surface area contributed by atoms with Crippen molar-refractivity contribution in [2.75, 3.05) is 34.2 Å². The minimum absolute atomic E-state index is 0.333. The number of amides is 1. The van der Waals surface area contributed by atoms with Gasteiger partial charge in [-0.3, -0.25) is 4.79 Å². The fourth-order valence-corrected chi connectivity index (χ4v) is 5.65. The summed E-state index contributed by atoms with van der Waals surface area (Å²) in [5, 5.41) is 0. The van der Waals surface area contributed by atoms with Crippen LogP contribution in [0.4, 0.5) is 0 Å². The van der Waals surface area contributed by atoms with Crippen LogP contribution in [0, 0.1) is 0 Å². The summed E-state index contributed by atoms with van der Waals surface area (Å²) in [5.74, 6) is 0.333. The highest BCUT2D eigenvalue weighted by Gasteiger charge is 2.08. The zero-order chi connectivity index (χ0) is 29.5. The average Bonchev–Trinajstić information content (AvgIpc) is 2.94. The van der Waals surface area contributed by atoms with Crippen molar-refractivity contribution in [3.8, 4) is 0 Å². The molecule has 0 aliphatic heterocycles. The first-order chi connectivity index (χ1) is 19.5. The topological polar surface area (TPSA) is 23.6 Å². The van der Waals surface area contributed by atoms with Gasteiger partial charge in [-0.05, 0) is 78.4 Å². The Morgan fingerprint density at radius 1 is 0.475 bits per heavy atom. The summed E-state index contributed by atoms with van der Waals surface area (Å²) >= 11 is 0. The van der Waals surface area contributed by atoms with E-state index in [4.69, 9.17) is 0 Å². The van der Waals surface area contributed by atoms with Crippen LogP contribution in [0.3, 0.4) is 0 Å². The van der Waals surface area contributed by atoms with E-state index in [-0.39, 0.29) is 0 Å². The predicted molar refractivity (Wildman–Crippen MR) is 180 cm³/mol. The number of hydrogen-bond donors (Lipinski definition) is 0. The van der Waals surface area contributed by atoms with Gasteiger partial charge in [-0.25, -0.2) is 0 Å². The van der Waals surface area contributed by atoms with Gasteiger partial charge in [-0.2, -0.15) is 0 Å². The number of carbonyl (C=O) groups excluding carboxylic acids is 1. The molecule has 3 heteroatoms. The van der Waals surface area contributed by atoms with Crippen LogP contribution in [0.2, 0.25) is 0 Å². The monoisotopic (exact) mass is 563 g/mol. The summed E-state index contributed by atoms with van der Waals surface area (Å²) in [6.07, 6.45) is 38.4.